The van der Waals surface area contributed by atoms with E-state index in [0.717, 1.165) is 15.7 Å². The van der Waals surface area contributed by atoms with Gasteiger partial charge in [-0.25, -0.2) is 0 Å². The minimum Gasteiger partial charge on any atom is -0.336 e. The molecule has 0 saturated carbocycles. The van der Waals surface area contributed by atoms with Crippen molar-refractivity contribution >= 4 is 29.6 Å². The second kappa shape index (κ2) is 6.10. The summed E-state index contributed by atoms with van der Waals surface area (Å²) in [7, 11) is -2.36. The van der Waals surface area contributed by atoms with Crippen molar-refractivity contribution in [2.75, 3.05) is 5.32 Å². The second-order valence-corrected chi connectivity index (χ2v) is 5.81. The maximum Gasteiger partial charge on any atom is 0.535 e. The number of benzene rings is 2. The summed E-state index contributed by atoms with van der Waals surface area (Å²) >= 11 is 3.36. The maximum absolute atomic E-state index is 11.5. The molecule has 2 unspecified atom stereocenters. The number of anilines is 1. The third-order valence-corrected chi connectivity index (χ3v) is 3.82. The van der Waals surface area contributed by atoms with Crippen LogP contribution in [-0.4, -0.2) is 4.89 Å². The minimum atomic E-state index is -2.36. The lowest BCUT2D eigenvalue weighted by molar-refractivity contribution is 0.494. The largest absolute Gasteiger partial charge is 0.535 e. The van der Waals surface area contributed by atoms with E-state index in [0.29, 0.717) is 0 Å². The van der Waals surface area contributed by atoms with Crippen molar-refractivity contribution in [3.63, 3.8) is 0 Å². The molecule has 0 aliphatic heterocycles. The Hall–Kier alpha value is -1.22. The quantitative estimate of drug-likeness (QED) is 0.824. The van der Waals surface area contributed by atoms with Gasteiger partial charge in [-0.05, 0) is 28.8 Å². The van der Waals surface area contributed by atoms with E-state index < -0.39 is 13.8 Å². The molecule has 2 atom stereocenters. The molecule has 2 rings (SSSR count). The van der Waals surface area contributed by atoms with Gasteiger partial charge in [-0.2, -0.15) is 4.89 Å². The average molecular weight is 325 g/mol. The number of halogens is 1. The lowest BCUT2D eigenvalue weighted by Gasteiger charge is -2.09. The first-order valence-corrected chi connectivity index (χ1v) is 7.46. The van der Waals surface area contributed by atoms with Crippen molar-refractivity contribution in [2.45, 2.75) is 5.78 Å². The molecule has 0 aromatic heterocycles. The van der Waals surface area contributed by atoms with E-state index in [1.54, 1.807) is 0 Å². The van der Waals surface area contributed by atoms with Crippen molar-refractivity contribution in [1.29, 1.82) is 0 Å². The van der Waals surface area contributed by atoms with Crippen molar-refractivity contribution in [3.05, 3.63) is 64.6 Å². The molecule has 0 aliphatic rings. The predicted molar refractivity (Wildman–Crippen MR) is 76.8 cm³/mol. The zero-order chi connectivity index (χ0) is 13.0. The molecule has 0 fully saturated rings. The van der Waals surface area contributed by atoms with E-state index in [2.05, 4.69) is 21.2 Å². The number of nitrogens with one attached hydrogen (secondary N) is 1. The summed E-state index contributed by atoms with van der Waals surface area (Å²) < 4.78 is 12.4. The zero-order valence-corrected chi connectivity index (χ0v) is 11.9. The fraction of sp³-hybridized carbons (Fsp3) is 0.0769. The normalized spacial score (nSPS) is 12.9. The molecule has 2 aromatic rings. The molecule has 0 bridgehead atoms. The molecule has 0 saturated heterocycles. The molecule has 0 radical (unpaired) electrons. The van der Waals surface area contributed by atoms with Crippen LogP contribution < -0.4 is 5.32 Å². The van der Waals surface area contributed by atoms with Crippen molar-refractivity contribution in [1.82, 2.24) is 0 Å². The molecule has 0 heterocycles. The van der Waals surface area contributed by atoms with Crippen molar-refractivity contribution in [2.24, 2.45) is 0 Å². The summed E-state index contributed by atoms with van der Waals surface area (Å²) in [6.45, 7) is 0. The molecule has 3 nitrogen and oxygen atoms in total. The first-order chi connectivity index (χ1) is 8.66. The summed E-state index contributed by atoms with van der Waals surface area (Å²) in [4.78, 5) is 9.45. The van der Waals surface area contributed by atoms with Gasteiger partial charge in [0.1, 0.15) is 0 Å². The standard InChI is InChI=1S/C13H11BrNO2P/c14-11-6-4-5-10(9-11)13(18(16)17)15-12-7-2-1-3-8-12/h1-9,13,15H/p+1. The smallest absolute Gasteiger partial charge is 0.336 e. The third-order valence-electron chi connectivity index (χ3n) is 2.46. The monoisotopic (exact) mass is 324 g/mol. The van der Waals surface area contributed by atoms with Gasteiger partial charge in [0.05, 0.1) is 0 Å². The van der Waals surface area contributed by atoms with E-state index in [9.17, 15) is 9.46 Å². The Balaban J connectivity index is 2.27. The predicted octanol–water partition coefficient (Wildman–Crippen LogP) is 4.29. The van der Waals surface area contributed by atoms with Crippen LogP contribution in [0.2, 0.25) is 0 Å². The fourth-order valence-corrected chi connectivity index (χ4v) is 2.73. The van der Waals surface area contributed by atoms with Gasteiger partial charge >= 0.3 is 8.03 Å². The molecule has 92 valence electrons. The summed E-state index contributed by atoms with van der Waals surface area (Å²) in [6.07, 6.45) is 0. The molecule has 5 heteroatoms. The zero-order valence-electron chi connectivity index (χ0n) is 9.45. The Labute approximate surface area is 115 Å². The second-order valence-electron chi connectivity index (χ2n) is 3.77. The molecule has 0 amide bonds. The number of hydrogen-bond donors (Lipinski definition) is 2. The Morgan fingerprint density at radius 1 is 1.11 bits per heavy atom. The Morgan fingerprint density at radius 3 is 2.44 bits per heavy atom. The summed E-state index contributed by atoms with van der Waals surface area (Å²) in [6, 6.07) is 16.8. The Morgan fingerprint density at radius 2 is 1.83 bits per heavy atom. The van der Waals surface area contributed by atoms with E-state index in [1.165, 1.54) is 0 Å². The Kier molecular flexibility index (Phi) is 4.48. The highest BCUT2D eigenvalue weighted by atomic mass is 79.9. The van der Waals surface area contributed by atoms with Gasteiger partial charge in [-0.1, -0.05) is 46.3 Å². The molecule has 0 spiro atoms. The SMILES string of the molecule is O=[P+](O)C(Nc1ccccc1)c1cccc(Br)c1. The van der Waals surface area contributed by atoms with Gasteiger partial charge in [0.25, 0.3) is 5.78 Å². The number of para-hydroxylation sites is 1. The average Bonchev–Trinajstić information content (AvgIpc) is 2.37. The van der Waals surface area contributed by atoms with Crippen LogP contribution in [0.4, 0.5) is 5.69 Å². The fourth-order valence-electron chi connectivity index (χ4n) is 1.63. The number of rotatable bonds is 4. The van der Waals surface area contributed by atoms with Gasteiger partial charge < -0.3 is 5.32 Å². The molecular formula is C13H12BrNO2P+. The summed E-state index contributed by atoms with van der Waals surface area (Å²) in [5.41, 5.74) is 1.59. The molecular weight excluding hydrogens is 313 g/mol. The lowest BCUT2D eigenvalue weighted by atomic mass is 10.2. The van der Waals surface area contributed by atoms with Crippen molar-refractivity contribution < 1.29 is 9.46 Å². The van der Waals surface area contributed by atoms with Crippen LogP contribution in [0.1, 0.15) is 11.3 Å². The molecule has 2 N–H and O–H groups in total. The highest BCUT2D eigenvalue weighted by molar-refractivity contribution is 9.10. The summed E-state index contributed by atoms with van der Waals surface area (Å²) in [5.74, 6) is -0.611. The highest BCUT2D eigenvalue weighted by Gasteiger charge is 2.30. The van der Waals surface area contributed by atoms with E-state index >= 15 is 0 Å². The van der Waals surface area contributed by atoms with Crippen LogP contribution in [0.25, 0.3) is 0 Å². The first-order valence-electron chi connectivity index (χ1n) is 5.39. The Bertz CT molecular complexity index is 548. The van der Waals surface area contributed by atoms with E-state index in [4.69, 9.17) is 0 Å². The van der Waals surface area contributed by atoms with E-state index in [1.807, 2.05) is 54.6 Å². The van der Waals surface area contributed by atoms with Gasteiger partial charge in [0.15, 0.2) is 0 Å². The van der Waals surface area contributed by atoms with Crippen LogP contribution in [0.15, 0.2) is 59.1 Å². The van der Waals surface area contributed by atoms with Crippen LogP contribution >= 0.6 is 24.0 Å². The van der Waals surface area contributed by atoms with Crippen LogP contribution in [0, 0.1) is 0 Å². The van der Waals surface area contributed by atoms with Crippen LogP contribution in [-0.2, 0) is 4.57 Å². The highest BCUT2D eigenvalue weighted by Crippen LogP contribution is 2.38. The van der Waals surface area contributed by atoms with Crippen molar-refractivity contribution in [3.8, 4) is 0 Å². The number of hydrogen-bond acceptors (Lipinski definition) is 2. The molecule has 2 aromatic carbocycles. The molecule has 0 aliphatic carbocycles. The first kappa shape index (κ1) is 13.2. The van der Waals surface area contributed by atoms with Gasteiger partial charge in [-0.3, -0.25) is 0 Å². The maximum atomic E-state index is 11.5. The van der Waals surface area contributed by atoms with E-state index in [-0.39, 0.29) is 0 Å². The third kappa shape index (κ3) is 3.39. The van der Waals surface area contributed by atoms with Crippen LogP contribution in [0.5, 0.6) is 0 Å². The van der Waals surface area contributed by atoms with Gasteiger partial charge in [0, 0.05) is 15.7 Å². The minimum absolute atomic E-state index is 0.611. The topological polar surface area (TPSA) is 49.3 Å². The molecule has 18 heavy (non-hydrogen) atoms. The van der Waals surface area contributed by atoms with Gasteiger partial charge in [0.2, 0.25) is 0 Å². The van der Waals surface area contributed by atoms with Gasteiger partial charge in [-0.15, -0.1) is 0 Å². The summed E-state index contributed by atoms with van der Waals surface area (Å²) in [5, 5.41) is 3.07. The lowest BCUT2D eigenvalue weighted by Crippen LogP contribution is -2.06. The van der Waals surface area contributed by atoms with Crippen LogP contribution in [0.3, 0.4) is 0 Å².